The number of hydrogen-bond donors (Lipinski definition) is 3. The number of anilines is 2. The van der Waals surface area contributed by atoms with Crippen LogP contribution in [0.1, 0.15) is 52.0 Å². The van der Waals surface area contributed by atoms with E-state index < -0.39 is 10.0 Å². The van der Waals surface area contributed by atoms with E-state index in [0.717, 1.165) is 54.5 Å². The minimum Gasteiger partial charge on any atom is -0.365 e. The molecule has 7 nitrogen and oxygen atoms in total. The standard InChI is InChI=1S/C27H37N5O2S/c1-19-9-15-22(16-10-19)35(33,34)29-18-21-13-11-20(12-14-21)17-28-26-30-24-8-6-5-7-23(24)25(31-26)32-27(2,3)4/h5-10,15-16,20-21,29H,11-14,17-18H2,1-4H3,(H2,28,30,31,32). The molecule has 1 heterocycles. The second kappa shape index (κ2) is 10.5. The second-order valence-electron chi connectivity index (χ2n) is 10.7. The molecule has 188 valence electrons. The first-order chi connectivity index (χ1) is 16.6. The van der Waals surface area contributed by atoms with Crippen molar-refractivity contribution in [3.05, 3.63) is 54.1 Å². The zero-order valence-electron chi connectivity index (χ0n) is 21.1. The number of sulfonamides is 1. The molecule has 1 aliphatic rings. The highest BCUT2D eigenvalue weighted by molar-refractivity contribution is 7.89. The maximum absolute atomic E-state index is 12.6. The maximum atomic E-state index is 12.6. The molecular weight excluding hydrogens is 458 g/mol. The van der Waals surface area contributed by atoms with Crippen LogP contribution in [0.15, 0.2) is 53.4 Å². The van der Waals surface area contributed by atoms with Gasteiger partial charge in [-0.15, -0.1) is 0 Å². The van der Waals surface area contributed by atoms with E-state index in [1.54, 1.807) is 12.1 Å². The van der Waals surface area contributed by atoms with Gasteiger partial charge in [-0.2, -0.15) is 4.98 Å². The molecule has 1 saturated carbocycles. The molecule has 0 atom stereocenters. The Morgan fingerprint density at radius 3 is 2.17 bits per heavy atom. The van der Waals surface area contributed by atoms with Gasteiger partial charge in [-0.05, 0) is 89.5 Å². The molecule has 8 heteroatoms. The fourth-order valence-corrected chi connectivity index (χ4v) is 5.63. The molecule has 1 aromatic heterocycles. The summed E-state index contributed by atoms with van der Waals surface area (Å²) in [5, 5.41) is 7.97. The summed E-state index contributed by atoms with van der Waals surface area (Å²) >= 11 is 0. The van der Waals surface area contributed by atoms with Crippen LogP contribution in [0, 0.1) is 18.8 Å². The minimum absolute atomic E-state index is 0.103. The summed E-state index contributed by atoms with van der Waals surface area (Å²) in [5.41, 5.74) is 1.86. The van der Waals surface area contributed by atoms with Crippen LogP contribution < -0.4 is 15.4 Å². The first kappa shape index (κ1) is 25.4. The number of hydrogen-bond acceptors (Lipinski definition) is 6. The van der Waals surface area contributed by atoms with Crippen molar-refractivity contribution in [1.29, 1.82) is 0 Å². The molecule has 0 radical (unpaired) electrons. The molecule has 3 N–H and O–H groups in total. The number of nitrogens with one attached hydrogen (secondary N) is 3. The van der Waals surface area contributed by atoms with Gasteiger partial charge < -0.3 is 10.6 Å². The molecule has 2 aromatic carbocycles. The van der Waals surface area contributed by atoms with Gasteiger partial charge in [0.15, 0.2) is 0 Å². The smallest absolute Gasteiger partial charge is 0.240 e. The SMILES string of the molecule is Cc1ccc(S(=O)(=O)NCC2CCC(CNc3nc(NC(C)(C)C)c4ccccc4n3)CC2)cc1. The van der Waals surface area contributed by atoms with Crippen LogP contribution in [-0.2, 0) is 10.0 Å². The zero-order valence-corrected chi connectivity index (χ0v) is 22.0. The Morgan fingerprint density at radius 1 is 0.886 bits per heavy atom. The summed E-state index contributed by atoms with van der Waals surface area (Å²) in [6.07, 6.45) is 4.14. The number of nitrogens with zero attached hydrogens (tertiary/aromatic N) is 2. The van der Waals surface area contributed by atoms with Crippen LogP contribution in [-0.4, -0.2) is 37.0 Å². The largest absolute Gasteiger partial charge is 0.365 e. The van der Waals surface area contributed by atoms with Gasteiger partial charge >= 0.3 is 0 Å². The highest BCUT2D eigenvalue weighted by atomic mass is 32.2. The Morgan fingerprint density at radius 2 is 1.51 bits per heavy atom. The average Bonchev–Trinajstić information content (AvgIpc) is 2.81. The van der Waals surface area contributed by atoms with Gasteiger partial charge in [-0.25, -0.2) is 18.1 Å². The van der Waals surface area contributed by atoms with Gasteiger partial charge in [0.25, 0.3) is 0 Å². The third-order valence-electron chi connectivity index (χ3n) is 6.51. The summed E-state index contributed by atoms with van der Waals surface area (Å²) in [5.74, 6) is 2.37. The van der Waals surface area contributed by atoms with Gasteiger partial charge in [0.05, 0.1) is 10.4 Å². The average molecular weight is 496 g/mol. The monoisotopic (exact) mass is 495 g/mol. The van der Waals surface area contributed by atoms with E-state index in [2.05, 4.69) is 36.1 Å². The lowest BCUT2D eigenvalue weighted by Crippen LogP contribution is -2.32. The predicted octanol–water partition coefficient (Wildman–Crippen LogP) is 5.35. The molecule has 0 saturated heterocycles. The maximum Gasteiger partial charge on any atom is 0.240 e. The molecular formula is C27H37N5O2S. The topological polar surface area (TPSA) is 96.0 Å². The Bertz CT molecular complexity index is 1240. The molecule has 0 aliphatic heterocycles. The van der Waals surface area contributed by atoms with Crippen molar-refractivity contribution in [3.8, 4) is 0 Å². The van der Waals surface area contributed by atoms with Crippen LogP contribution in [0.3, 0.4) is 0 Å². The van der Waals surface area contributed by atoms with Gasteiger partial charge in [0, 0.05) is 24.0 Å². The Hall–Kier alpha value is -2.71. The molecule has 0 amide bonds. The van der Waals surface area contributed by atoms with E-state index in [-0.39, 0.29) is 5.54 Å². The predicted molar refractivity (Wildman–Crippen MR) is 143 cm³/mol. The van der Waals surface area contributed by atoms with E-state index >= 15 is 0 Å². The van der Waals surface area contributed by atoms with Crippen molar-refractivity contribution in [2.24, 2.45) is 11.8 Å². The summed E-state index contributed by atoms with van der Waals surface area (Å²) in [7, 11) is -3.46. The first-order valence-electron chi connectivity index (χ1n) is 12.4. The molecule has 1 fully saturated rings. The summed E-state index contributed by atoms with van der Waals surface area (Å²) in [6, 6.07) is 15.0. The Balaban J connectivity index is 1.30. The normalized spacial score (nSPS) is 19.0. The van der Waals surface area contributed by atoms with Crippen molar-refractivity contribution in [1.82, 2.24) is 14.7 Å². The van der Waals surface area contributed by atoms with Crippen molar-refractivity contribution in [2.45, 2.75) is 63.8 Å². The third kappa shape index (κ3) is 6.92. The lowest BCUT2D eigenvalue weighted by Gasteiger charge is -2.29. The second-order valence-corrected chi connectivity index (χ2v) is 12.5. The number of benzene rings is 2. The lowest BCUT2D eigenvalue weighted by molar-refractivity contribution is 0.284. The Labute approximate surface area is 209 Å². The highest BCUT2D eigenvalue weighted by Crippen LogP contribution is 2.30. The van der Waals surface area contributed by atoms with Crippen molar-refractivity contribution in [2.75, 3.05) is 23.7 Å². The number of para-hydroxylation sites is 1. The van der Waals surface area contributed by atoms with E-state index in [4.69, 9.17) is 9.97 Å². The number of aryl methyl sites for hydroxylation is 1. The van der Waals surface area contributed by atoms with Gasteiger partial charge in [0.1, 0.15) is 5.82 Å². The van der Waals surface area contributed by atoms with E-state index in [9.17, 15) is 8.42 Å². The van der Waals surface area contributed by atoms with Crippen molar-refractivity contribution < 1.29 is 8.42 Å². The highest BCUT2D eigenvalue weighted by Gasteiger charge is 2.24. The summed E-state index contributed by atoms with van der Waals surface area (Å²) < 4.78 is 28.0. The van der Waals surface area contributed by atoms with Gasteiger partial charge in [-0.1, -0.05) is 29.8 Å². The summed E-state index contributed by atoms with van der Waals surface area (Å²) in [4.78, 5) is 9.81. The quantitative estimate of drug-likeness (QED) is 0.390. The molecule has 1 aliphatic carbocycles. The fraction of sp³-hybridized carbons (Fsp3) is 0.481. The van der Waals surface area contributed by atoms with Crippen molar-refractivity contribution in [3.63, 3.8) is 0 Å². The Kier molecular flexibility index (Phi) is 7.62. The molecule has 35 heavy (non-hydrogen) atoms. The molecule has 0 bridgehead atoms. The molecule has 0 unspecified atom stereocenters. The van der Waals surface area contributed by atoms with E-state index in [1.165, 1.54) is 0 Å². The van der Waals surface area contributed by atoms with Gasteiger partial charge in [-0.3, -0.25) is 0 Å². The van der Waals surface area contributed by atoms with Crippen LogP contribution >= 0.6 is 0 Å². The lowest BCUT2D eigenvalue weighted by atomic mass is 9.82. The van der Waals surface area contributed by atoms with Gasteiger partial charge in [0.2, 0.25) is 16.0 Å². The molecule has 4 rings (SSSR count). The van der Waals surface area contributed by atoms with Crippen LogP contribution in [0.4, 0.5) is 11.8 Å². The summed E-state index contributed by atoms with van der Waals surface area (Å²) in [6.45, 7) is 9.62. The van der Waals surface area contributed by atoms with Crippen molar-refractivity contribution >= 4 is 32.7 Å². The number of rotatable bonds is 8. The minimum atomic E-state index is -3.46. The number of fused-ring (bicyclic) bond motifs is 1. The number of aromatic nitrogens is 2. The van der Waals surface area contributed by atoms with Crippen LogP contribution in [0.5, 0.6) is 0 Å². The molecule has 0 spiro atoms. The van der Waals surface area contributed by atoms with Crippen LogP contribution in [0.25, 0.3) is 10.9 Å². The molecule has 3 aromatic rings. The van der Waals surface area contributed by atoms with E-state index in [0.29, 0.717) is 29.2 Å². The third-order valence-corrected chi connectivity index (χ3v) is 7.94. The first-order valence-corrected chi connectivity index (χ1v) is 13.9. The fourth-order valence-electron chi connectivity index (χ4n) is 4.51. The van der Waals surface area contributed by atoms with E-state index in [1.807, 2.05) is 43.3 Å². The zero-order chi connectivity index (χ0) is 25.1. The van der Waals surface area contributed by atoms with Crippen LogP contribution in [0.2, 0.25) is 0 Å².